The molecule has 0 unspecified atom stereocenters. The summed E-state index contributed by atoms with van der Waals surface area (Å²) >= 11 is 0. The highest BCUT2D eigenvalue weighted by atomic mass is 19.1. The van der Waals surface area contributed by atoms with Crippen LogP contribution in [-0.4, -0.2) is 49.5 Å². The van der Waals surface area contributed by atoms with E-state index in [4.69, 9.17) is 15.3 Å². The fourth-order valence-corrected chi connectivity index (χ4v) is 1.61. The molecule has 1 aromatic heterocycles. The number of hydrogen-bond acceptors (Lipinski definition) is 7. The largest absolute Gasteiger partial charge is 0.380 e. The molecule has 0 radical (unpaired) electrons. The number of aromatic nitrogens is 2. The van der Waals surface area contributed by atoms with E-state index in [2.05, 4.69) is 15.4 Å². The fraction of sp³-hybridized carbons (Fsp3) is 0.667. The van der Waals surface area contributed by atoms with Crippen LogP contribution in [0.3, 0.4) is 0 Å². The van der Waals surface area contributed by atoms with Crippen molar-refractivity contribution in [3.63, 3.8) is 0 Å². The zero-order valence-electron chi connectivity index (χ0n) is 11.9. The van der Waals surface area contributed by atoms with Crippen molar-refractivity contribution in [1.82, 2.24) is 9.97 Å². The molecule has 0 spiro atoms. The van der Waals surface area contributed by atoms with Crippen LogP contribution >= 0.6 is 0 Å². The number of hydrazine groups is 1. The van der Waals surface area contributed by atoms with Crippen LogP contribution < -0.4 is 16.2 Å². The van der Waals surface area contributed by atoms with Crippen LogP contribution in [0.25, 0.3) is 0 Å². The van der Waals surface area contributed by atoms with Gasteiger partial charge in [-0.25, -0.2) is 15.2 Å². The molecule has 1 heterocycles. The SMILES string of the molecule is CCOCCN(CCOCC)c1nc(NN)ncc1F. The molecule has 0 aliphatic carbocycles. The highest BCUT2D eigenvalue weighted by Crippen LogP contribution is 2.16. The van der Waals surface area contributed by atoms with Gasteiger partial charge in [0, 0.05) is 26.3 Å². The summed E-state index contributed by atoms with van der Waals surface area (Å²) in [6.45, 7) is 7.04. The lowest BCUT2D eigenvalue weighted by Crippen LogP contribution is -2.33. The van der Waals surface area contributed by atoms with Gasteiger partial charge >= 0.3 is 0 Å². The van der Waals surface area contributed by atoms with Gasteiger partial charge in [-0.05, 0) is 13.8 Å². The highest BCUT2D eigenvalue weighted by molar-refractivity contribution is 5.43. The number of nitrogens with two attached hydrogens (primary N) is 1. The van der Waals surface area contributed by atoms with Gasteiger partial charge in [0.05, 0.1) is 19.4 Å². The summed E-state index contributed by atoms with van der Waals surface area (Å²) < 4.78 is 24.5. The maximum absolute atomic E-state index is 13.9. The molecule has 0 aliphatic rings. The van der Waals surface area contributed by atoms with E-state index < -0.39 is 5.82 Å². The quantitative estimate of drug-likeness (QED) is 0.373. The summed E-state index contributed by atoms with van der Waals surface area (Å²) in [5.41, 5.74) is 2.31. The Labute approximate surface area is 118 Å². The molecule has 0 aliphatic heterocycles. The van der Waals surface area contributed by atoms with Gasteiger partial charge in [0.2, 0.25) is 5.95 Å². The first-order chi connectivity index (χ1) is 9.72. The van der Waals surface area contributed by atoms with Crippen LogP contribution in [-0.2, 0) is 9.47 Å². The Balaban J connectivity index is 2.78. The third kappa shape index (κ3) is 5.24. The molecule has 0 fully saturated rings. The molecule has 0 saturated carbocycles. The van der Waals surface area contributed by atoms with E-state index in [1.54, 1.807) is 4.90 Å². The Morgan fingerprint density at radius 2 is 1.85 bits per heavy atom. The van der Waals surface area contributed by atoms with Crippen LogP contribution in [0.4, 0.5) is 16.2 Å². The van der Waals surface area contributed by atoms with Crippen molar-refractivity contribution in [1.29, 1.82) is 0 Å². The molecule has 0 aromatic carbocycles. The molecular weight excluding hydrogens is 265 g/mol. The molecule has 0 bridgehead atoms. The summed E-state index contributed by atoms with van der Waals surface area (Å²) in [5.74, 6) is 5.10. The normalized spacial score (nSPS) is 10.6. The van der Waals surface area contributed by atoms with Crippen LogP contribution in [0.1, 0.15) is 13.8 Å². The van der Waals surface area contributed by atoms with Crippen molar-refractivity contribution < 1.29 is 13.9 Å². The molecule has 0 amide bonds. The van der Waals surface area contributed by atoms with E-state index in [0.717, 1.165) is 6.20 Å². The first-order valence-corrected chi connectivity index (χ1v) is 6.62. The van der Waals surface area contributed by atoms with Gasteiger partial charge in [-0.3, -0.25) is 5.43 Å². The Hall–Kier alpha value is -1.51. The van der Waals surface area contributed by atoms with Crippen molar-refractivity contribution in [2.45, 2.75) is 13.8 Å². The summed E-state index contributed by atoms with van der Waals surface area (Å²) in [6.07, 6.45) is 1.09. The standard InChI is InChI=1S/C12H22FN5O2/c1-3-19-7-5-18(6-8-20-4-2)11-10(13)9-15-12(16-11)17-14/h9H,3-8,14H2,1-2H3,(H,15,16,17). The Morgan fingerprint density at radius 1 is 1.25 bits per heavy atom. The molecule has 20 heavy (non-hydrogen) atoms. The summed E-state index contributed by atoms with van der Waals surface area (Å²) in [7, 11) is 0. The van der Waals surface area contributed by atoms with Gasteiger partial charge < -0.3 is 14.4 Å². The van der Waals surface area contributed by atoms with Crippen molar-refractivity contribution in [2.75, 3.05) is 49.8 Å². The van der Waals surface area contributed by atoms with Gasteiger partial charge in [0.15, 0.2) is 11.6 Å². The zero-order valence-corrected chi connectivity index (χ0v) is 11.9. The van der Waals surface area contributed by atoms with E-state index >= 15 is 0 Å². The van der Waals surface area contributed by atoms with E-state index in [0.29, 0.717) is 39.5 Å². The predicted molar refractivity (Wildman–Crippen MR) is 75.0 cm³/mol. The number of nitrogens with one attached hydrogen (secondary N) is 1. The lowest BCUT2D eigenvalue weighted by atomic mass is 10.4. The number of rotatable bonds is 10. The van der Waals surface area contributed by atoms with Gasteiger partial charge in [-0.1, -0.05) is 0 Å². The van der Waals surface area contributed by atoms with Crippen molar-refractivity contribution in [3.05, 3.63) is 12.0 Å². The molecule has 0 atom stereocenters. The summed E-state index contributed by atoms with van der Waals surface area (Å²) in [4.78, 5) is 9.52. The molecule has 3 N–H and O–H groups in total. The van der Waals surface area contributed by atoms with Crippen molar-refractivity contribution >= 4 is 11.8 Å². The predicted octanol–water partition coefficient (Wildman–Crippen LogP) is 0.781. The maximum Gasteiger partial charge on any atom is 0.239 e. The second kappa shape index (κ2) is 9.40. The number of nitrogens with zero attached hydrogens (tertiary/aromatic N) is 3. The smallest absolute Gasteiger partial charge is 0.239 e. The van der Waals surface area contributed by atoms with Crippen LogP contribution in [0, 0.1) is 5.82 Å². The minimum absolute atomic E-state index is 0.166. The average molecular weight is 287 g/mol. The number of hydrogen-bond donors (Lipinski definition) is 2. The van der Waals surface area contributed by atoms with Crippen molar-refractivity contribution in [2.24, 2.45) is 5.84 Å². The third-order valence-corrected chi connectivity index (χ3v) is 2.57. The second-order valence-electron chi connectivity index (χ2n) is 3.89. The summed E-state index contributed by atoms with van der Waals surface area (Å²) in [6, 6.07) is 0. The number of halogens is 1. The first kappa shape index (κ1) is 16.5. The van der Waals surface area contributed by atoms with Crippen molar-refractivity contribution in [3.8, 4) is 0 Å². The molecule has 7 nitrogen and oxygen atoms in total. The molecule has 1 rings (SSSR count). The van der Waals surface area contributed by atoms with Crippen LogP contribution in [0.2, 0.25) is 0 Å². The zero-order chi connectivity index (χ0) is 14.8. The van der Waals surface area contributed by atoms with E-state index in [1.165, 1.54) is 0 Å². The van der Waals surface area contributed by atoms with Gasteiger partial charge in [-0.15, -0.1) is 0 Å². The Kier molecular flexibility index (Phi) is 7.78. The number of anilines is 2. The molecule has 0 saturated heterocycles. The maximum atomic E-state index is 13.9. The monoisotopic (exact) mass is 287 g/mol. The second-order valence-corrected chi connectivity index (χ2v) is 3.89. The summed E-state index contributed by atoms with van der Waals surface area (Å²) in [5, 5.41) is 0. The van der Waals surface area contributed by atoms with Crippen LogP contribution in [0.15, 0.2) is 6.20 Å². The number of ether oxygens (including phenoxy) is 2. The van der Waals surface area contributed by atoms with E-state index in [1.807, 2.05) is 13.8 Å². The minimum atomic E-state index is -0.503. The lowest BCUT2D eigenvalue weighted by molar-refractivity contribution is 0.141. The third-order valence-electron chi connectivity index (χ3n) is 2.57. The first-order valence-electron chi connectivity index (χ1n) is 6.62. The van der Waals surface area contributed by atoms with Gasteiger partial charge in [-0.2, -0.15) is 4.98 Å². The molecule has 8 heteroatoms. The van der Waals surface area contributed by atoms with Crippen LogP contribution in [0.5, 0.6) is 0 Å². The molecular formula is C12H22FN5O2. The van der Waals surface area contributed by atoms with Gasteiger partial charge in [0.1, 0.15) is 0 Å². The van der Waals surface area contributed by atoms with E-state index in [9.17, 15) is 4.39 Å². The average Bonchev–Trinajstić information content (AvgIpc) is 2.47. The Bertz CT molecular complexity index is 384. The van der Waals surface area contributed by atoms with E-state index in [-0.39, 0.29) is 11.8 Å². The molecule has 114 valence electrons. The topological polar surface area (TPSA) is 85.5 Å². The number of nitrogen functional groups attached to an aromatic ring is 1. The molecule has 1 aromatic rings. The minimum Gasteiger partial charge on any atom is -0.380 e. The highest BCUT2D eigenvalue weighted by Gasteiger charge is 2.15. The lowest BCUT2D eigenvalue weighted by Gasteiger charge is -2.24. The Morgan fingerprint density at radius 3 is 2.35 bits per heavy atom. The van der Waals surface area contributed by atoms with Gasteiger partial charge in [0.25, 0.3) is 0 Å². The fourth-order valence-electron chi connectivity index (χ4n) is 1.61.